The average molecular weight is 531 g/mol. The molecule has 3 aromatic carbocycles. The molecule has 5 nitrogen and oxygen atoms in total. The maximum atomic E-state index is 13.5. The van der Waals surface area contributed by atoms with Crippen LogP contribution in [0.3, 0.4) is 0 Å². The molecule has 0 saturated carbocycles. The number of nitrogens with one attached hydrogen (secondary N) is 1. The molecule has 0 fully saturated rings. The summed E-state index contributed by atoms with van der Waals surface area (Å²) in [6.45, 7) is 2.21. The fourth-order valence-electron chi connectivity index (χ4n) is 3.67. The van der Waals surface area contributed by atoms with Crippen molar-refractivity contribution in [3.63, 3.8) is 0 Å². The summed E-state index contributed by atoms with van der Waals surface area (Å²) in [7, 11) is 0. The minimum atomic E-state index is -0.832. The number of benzene rings is 3. The van der Waals surface area contributed by atoms with Gasteiger partial charge in [0.15, 0.2) is 6.61 Å². The molecule has 36 heavy (non-hydrogen) atoms. The lowest BCUT2D eigenvalue weighted by Gasteiger charge is -2.32. The summed E-state index contributed by atoms with van der Waals surface area (Å²) in [5.74, 6) is -0.768. The van der Waals surface area contributed by atoms with E-state index in [1.807, 2.05) is 37.3 Å². The molecule has 8 heteroatoms. The van der Waals surface area contributed by atoms with Gasteiger partial charge in [-0.25, -0.2) is 4.39 Å². The number of unbranched alkanes of at least 4 members (excludes halogenated alkanes) is 1. The number of amides is 2. The third kappa shape index (κ3) is 7.97. The zero-order valence-corrected chi connectivity index (χ0v) is 21.6. The summed E-state index contributed by atoms with van der Waals surface area (Å²) in [5, 5.41) is 3.74. The number of hydrogen-bond acceptors (Lipinski definition) is 3. The Morgan fingerprint density at radius 3 is 2.28 bits per heavy atom. The van der Waals surface area contributed by atoms with Crippen molar-refractivity contribution in [2.45, 2.75) is 38.8 Å². The van der Waals surface area contributed by atoms with Crippen molar-refractivity contribution in [2.24, 2.45) is 0 Å². The van der Waals surface area contributed by atoms with Gasteiger partial charge < -0.3 is 15.0 Å². The predicted octanol–water partition coefficient (Wildman–Crippen LogP) is 6.07. The van der Waals surface area contributed by atoms with Gasteiger partial charge in [-0.2, -0.15) is 0 Å². The summed E-state index contributed by atoms with van der Waals surface area (Å²) >= 11 is 12.8. The quantitative estimate of drug-likeness (QED) is 0.289. The van der Waals surface area contributed by atoms with E-state index >= 15 is 0 Å². The zero-order chi connectivity index (χ0) is 25.9. The van der Waals surface area contributed by atoms with E-state index in [-0.39, 0.29) is 19.1 Å². The Morgan fingerprint density at radius 2 is 1.64 bits per heavy atom. The van der Waals surface area contributed by atoms with Crippen LogP contribution in [-0.2, 0) is 22.6 Å². The molecule has 1 N–H and O–H groups in total. The molecule has 0 saturated heterocycles. The van der Waals surface area contributed by atoms with Gasteiger partial charge in [0.2, 0.25) is 5.91 Å². The van der Waals surface area contributed by atoms with E-state index in [0.29, 0.717) is 34.3 Å². The number of carbonyl (C=O) groups excluding carboxylic acids is 2. The van der Waals surface area contributed by atoms with Gasteiger partial charge in [-0.1, -0.05) is 72.9 Å². The summed E-state index contributed by atoms with van der Waals surface area (Å²) in [6, 6.07) is 19.1. The Balaban J connectivity index is 1.92. The number of rotatable bonds is 12. The number of hydrogen-bond donors (Lipinski definition) is 1. The van der Waals surface area contributed by atoms with Crippen molar-refractivity contribution in [2.75, 3.05) is 13.2 Å². The van der Waals surface area contributed by atoms with E-state index in [4.69, 9.17) is 27.9 Å². The highest BCUT2D eigenvalue weighted by Gasteiger charge is 2.31. The van der Waals surface area contributed by atoms with E-state index in [0.717, 1.165) is 18.4 Å². The van der Waals surface area contributed by atoms with Gasteiger partial charge in [0.05, 0.1) is 0 Å². The molecular formula is C28H29Cl2FN2O3. The average Bonchev–Trinajstić information content (AvgIpc) is 2.88. The third-order valence-electron chi connectivity index (χ3n) is 5.67. The highest BCUT2D eigenvalue weighted by Crippen LogP contribution is 2.27. The number of ether oxygens (including phenoxy) is 1. The van der Waals surface area contributed by atoms with Crippen LogP contribution in [-0.4, -0.2) is 35.9 Å². The Labute approximate surface area is 221 Å². The van der Waals surface area contributed by atoms with E-state index in [2.05, 4.69) is 5.32 Å². The number of carbonyl (C=O) groups is 2. The summed E-state index contributed by atoms with van der Waals surface area (Å²) in [5.41, 5.74) is 1.44. The van der Waals surface area contributed by atoms with Crippen LogP contribution in [0.25, 0.3) is 0 Å². The maximum absolute atomic E-state index is 13.5. The molecule has 1 atom stereocenters. The lowest BCUT2D eigenvalue weighted by atomic mass is 10.0. The van der Waals surface area contributed by atoms with Gasteiger partial charge >= 0.3 is 0 Å². The fraction of sp³-hybridized carbons (Fsp3) is 0.286. The monoisotopic (exact) mass is 530 g/mol. The number of nitrogens with zero attached hydrogens (tertiary/aromatic N) is 1. The minimum Gasteiger partial charge on any atom is -0.484 e. The van der Waals surface area contributed by atoms with Crippen molar-refractivity contribution >= 4 is 35.0 Å². The van der Waals surface area contributed by atoms with Gasteiger partial charge in [-0.15, -0.1) is 0 Å². The van der Waals surface area contributed by atoms with Crippen LogP contribution in [0.5, 0.6) is 5.75 Å². The minimum absolute atomic E-state index is 0.0167. The van der Waals surface area contributed by atoms with E-state index in [1.165, 1.54) is 29.2 Å². The van der Waals surface area contributed by atoms with Crippen LogP contribution >= 0.6 is 23.2 Å². The first-order valence-electron chi connectivity index (χ1n) is 11.8. The molecule has 190 valence electrons. The lowest BCUT2D eigenvalue weighted by molar-refractivity contribution is -0.142. The molecule has 3 rings (SSSR count). The molecule has 2 amide bonds. The molecule has 3 aromatic rings. The summed E-state index contributed by atoms with van der Waals surface area (Å²) in [4.78, 5) is 28.4. The topological polar surface area (TPSA) is 58.6 Å². The van der Waals surface area contributed by atoms with E-state index < -0.39 is 17.8 Å². The van der Waals surface area contributed by atoms with E-state index in [1.54, 1.807) is 18.2 Å². The van der Waals surface area contributed by atoms with E-state index in [9.17, 15) is 14.0 Å². The van der Waals surface area contributed by atoms with Crippen molar-refractivity contribution in [3.8, 4) is 5.75 Å². The van der Waals surface area contributed by atoms with Crippen molar-refractivity contribution < 1.29 is 18.7 Å². The maximum Gasteiger partial charge on any atom is 0.261 e. The molecule has 0 aliphatic carbocycles. The first-order chi connectivity index (χ1) is 17.4. The second kappa shape index (κ2) is 13.9. The largest absolute Gasteiger partial charge is 0.484 e. The fourth-order valence-corrected chi connectivity index (χ4v) is 4.19. The van der Waals surface area contributed by atoms with Crippen LogP contribution in [0.4, 0.5) is 4.39 Å². The highest BCUT2D eigenvalue weighted by atomic mass is 35.5. The molecule has 0 aliphatic heterocycles. The Hall–Kier alpha value is -3.09. The Kier molecular flexibility index (Phi) is 10.6. The molecular weight excluding hydrogens is 502 g/mol. The second-order valence-corrected chi connectivity index (χ2v) is 9.13. The van der Waals surface area contributed by atoms with Crippen LogP contribution < -0.4 is 10.1 Å². The molecule has 0 aromatic heterocycles. The van der Waals surface area contributed by atoms with Crippen molar-refractivity contribution in [1.29, 1.82) is 0 Å². The standard InChI is InChI=1S/C28H29Cl2FN2O3/c1-2-3-16-32-28(35)26(17-20-8-5-4-6-9-20)33(18-23-24(29)10-7-11-25(23)30)27(34)19-36-22-14-12-21(31)13-15-22/h4-15,26H,2-3,16-19H2,1H3,(H,32,35). The van der Waals surface area contributed by atoms with Gasteiger partial charge in [0.25, 0.3) is 5.91 Å². The SMILES string of the molecule is CCCCNC(=O)C(Cc1ccccc1)N(Cc1c(Cl)cccc1Cl)C(=O)COc1ccc(F)cc1. The van der Waals surface area contributed by atoms with Crippen molar-refractivity contribution in [1.82, 2.24) is 10.2 Å². The number of halogens is 3. The van der Waals surface area contributed by atoms with Gasteiger partial charge in [0.1, 0.15) is 17.6 Å². The van der Waals surface area contributed by atoms with Crippen LogP contribution in [0.1, 0.15) is 30.9 Å². The van der Waals surface area contributed by atoms with Gasteiger partial charge in [-0.05, 0) is 48.4 Å². The summed E-state index contributed by atoms with van der Waals surface area (Å²) in [6.07, 6.45) is 2.04. The molecule has 0 aliphatic rings. The predicted molar refractivity (Wildman–Crippen MR) is 141 cm³/mol. The van der Waals surface area contributed by atoms with Crippen molar-refractivity contribution in [3.05, 3.63) is 99.8 Å². The highest BCUT2D eigenvalue weighted by molar-refractivity contribution is 6.36. The third-order valence-corrected chi connectivity index (χ3v) is 6.37. The second-order valence-electron chi connectivity index (χ2n) is 8.31. The first-order valence-corrected chi connectivity index (χ1v) is 12.6. The summed E-state index contributed by atoms with van der Waals surface area (Å²) < 4.78 is 18.9. The lowest BCUT2D eigenvalue weighted by Crippen LogP contribution is -2.52. The smallest absolute Gasteiger partial charge is 0.261 e. The van der Waals surface area contributed by atoms with Crippen LogP contribution in [0.2, 0.25) is 10.0 Å². The molecule has 0 spiro atoms. The first kappa shape index (κ1) is 27.5. The molecule has 0 radical (unpaired) electrons. The van der Waals surface area contributed by atoms with Crippen LogP contribution in [0.15, 0.2) is 72.8 Å². The van der Waals surface area contributed by atoms with Gasteiger partial charge in [0, 0.05) is 35.1 Å². The normalized spacial score (nSPS) is 11.6. The van der Waals surface area contributed by atoms with Gasteiger partial charge in [-0.3, -0.25) is 9.59 Å². The van der Waals surface area contributed by atoms with Crippen LogP contribution in [0, 0.1) is 5.82 Å². The zero-order valence-electron chi connectivity index (χ0n) is 20.1. The Morgan fingerprint density at radius 1 is 0.972 bits per heavy atom. The molecule has 1 unspecified atom stereocenters. The Bertz CT molecular complexity index is 1120. The molecule has 0 heterocycles. The molecule has 0 bridgehead atoms.